The predicted molar refractivity (Wildman–Crippen MR) is 75.3 cm³/mol. The minimum Gasteiger partial charge on any atom is -0.353 e. The van der Waals surface area contributed by atoms with E-state index in [-0.39, 0.29) is 0 Å². The van der Waals surface area contributed by atoms with Crippen LogP contribution >= 0.6 is 0 Å². The van der Waals surface area contributed by atoms with E-state index in [4.69, 9.17) is 4.52 Å². The second-order valence-corrected chi connectivity index (χ2v) is 5.31. The number of benzene rings is 1. The normalized spacial score (nSPS) is 21.1. The smallest absolute Gasteiger partial charge is 0.202 e. The number of rotatable bonds is 3. The minimum atomic E-state index is 0.473. The number of aromatic nitrogens is 3. The highest BCUT2D eigenvalue weighted by molar-refractivity contribution is 5.48. The van der Waals surface area contributed by atoms with Gasteiger partial charge in [-0.1, -0.05) is 35.5 Å². The summed E-state index contributed by atoms with van der Waals surface area (Å²) in [6.07, 6.45) is 5.01. The van der Waals surface area contributed by atoms with Crippen molar-refractivity contribution in [2.75, 3.05) is 0 Å². The molecule has 0 saturated heterocycles. The Morgan fingerprint density at radius 1 is 1.25 bits per heavy atom. The van der Waals surface area contributed by atoms with Gasteiger partial charge in [-0.25, -0.2) is 4.98 Å². The fourth-order valence-corrected chi connectivity index (χ4v) is 2.79. The molecule has 0 unspecified atom stereocenters. The summed E-state index contributed by atoms with van der Waals surface area (Å²) in [5, 5.41) is 3.94. The standard InChI is InChI=1S/C16H15N3O/c1-11-9-15(20-18-11)16-17-7-8-19(16)14-10-13(14)12-5-3-2-4-6-12/h2-9,13-14H,10H2,1H3/t13-,14+/m0/s1. The first-order valence-electron chi connectivity index (χ1n) is 6.84. The molecule has 0 N–H and O–H groups in total. The fraction of sp³-hybridized carbons (Fsp3) is 0.250. The number of aryl methyl sites for hydroxylation is 1. The van der Waals surface area contributed by atoms with Crippen molar-refractivity contribution in [3.63, 3.8) is 0 Å². The summed E-state index contributed by atoms with van der Waals surface area (Å²) in [4.78, 5) is 4.42. The third-order valence-electron chi connectivity index (χ3n) is 3.86. The van der Waals surface area contributed by atoms with E-state index in [1.54, 1.807) is 0 Å². The van der Waals surface area contributed by atoms with Gasteiger partial charge in [0.15, 0.2) is 5.82 Å². The van der Waals surface area contributed by atoms with E-state index in [0.29, 0.717) is 12.0 Å². The molecule has 3 aromatic rings. The molecule has 2 atom stereocenters. The Kier molecular flexibility index (Phi) is 2.49. The second-order valence-electron chi connectivity index (χ2n) is 5.31. The molecule has 1 aromatic carbocycles. The molecule has 0 radical (unpaired) electrons. The van der Waals surface area contributed by atoms with Gasteiger partial charge < -0.3 is 9.09 Å². The Balaban J connectivity index is 1.64. The molecular formula is C16H15N3O. The number of hydrogen-bond donors (Lipinski definition) is 0. The Morgan fingerprint density at radius 2 is 2.10 bits per heavy atom. The van der Waals surface area contributed by atoms with E-state index in [9.17, 15) is 0 Å². The summed E-state index contributed by atoms with van der Waals surface area (Å²) in [6.45, 7) is 1.92. The first-order valence-corrected chi connectivity index (χ1v) is 6.84. The van der Waals surface area contributed by atoms with Crippen LogP contribution in [0.1, 0.15) is 29.6 Å². The molecule has 0 amide bonds. The van der Waals surface area contributed by atoms with Crippen LogP contribution in [0.15, 0.2) is 53.3 Å². The van der Waals surface area contributed by atoms with Crippen molar-refractivity contribution in [3.05, 3.63) is 60.0 Å². The molecule has 100 valence electrons. The average Bonchev–Trinajstić information content (AvgIpc) is 2.91. The summed E-state index contributed by atoms with van der Waals surface area (Å²) in [5.41, 5.74) is 2.27. The number of imidazole rings is 1. The van der Waals surface area contributed by atoms with Gasteiger partial charge in [-0.05, 0) is 18.9 Å². The maximum absolute atomic E-state index is 5.33. The van der Waals surface area contributed by atoms with Gasteiger partial charge in [-0.2, -0.15) is 0 Å². The van der Waals surface area contributed by atoms with Gasteiger partial charge in [-0.15, -0.1) is 0 Å². The lowest BCUT2D eigenvalue weighted by Crippen LogP contribution is -1.97. The van der Waals surface area contributed by atoms with E-state index in [1.807, 2.05) is 25.4 Å². The quantitative estimate of drug-likeness (QED) is 0.727. The van der Waals surface area contributed by atoms with Crippen molar-refractivity contribution in [2.45, 2.75) is 25.3 Å². The molecule has 2 aromatic heterocycles. The van der Waals surface area contributed by atoms with Crippen LogP contribution in [-0.2, 0) is 0 Å². The highest BCUT2D eigenvalue weighted by Crippen LogP contribution is 2.52. The topological polar surface area (TPSA) is 43.9 Å². The molecule has 4 rings (SSSR count). The molecule has 1 aliphatic carbocycles. The third-order valence-corrected chi connectivity index (χ3v) is 3.86. The molecule has 0 bridgehead atoms. The lowest BCUT2D eigenvalue weighted by atomic mass is 10.1. The van der Waals surface area contributed by atoms with Crippen molar-refractivity contribution in [3.8, 4) is 11.6 Å². The Bertz CT molecular complexity index is 729. The highest BCUT2D eigenvalue weighted by atomic mass is 16.5. The Labute approximate surface area is 117 Å². The van der Waals surface area contributed by atoms with Crippen LogP contribution in [0.5, 0.6) is 0 Å². The summed E-state index contributed by atoms with van der Waals surface area (Å²) in [7, 11) is 0. The molecule has 1 saturated carbocycles. The van der Waals surface area contributed by atoms with Crippen molar-refractivity contribution in [1.82, 2.24) is 14.7 Å². The van der Waals surface area contributed by atoms with Crippen molar-refractivity contribution in [1.29, 1.82) is 0 Å². The van der Waals surface area contributed by atoms with Crippen LogP contribution in [0.25, 0.3) is 11.6 Å². The maximum Gasteiger partial charge on any atom is 0.202 e. The van der Waals surface area contributed by atoms with Crippen LogP contribution < -0.4 is 0 Å². The van der Waals surface area contributed by atoms with Crippen LogP contribution in [0.3, 0.4) is 0 Å². The lowest BCUT2D eigenvalue weighted by molar-refractivity contribution is 0.422. The van der Waals surface area contributed by atoms with Crippen LogP contribution in [0.2, 0.25) is 0 Å². The van der Waals surface area contributed by atoms with E-state index in [0.717, 1.165) is 23.7 Å². The van der Waals surface area contributed by atoms with Gasteiger partial charge >= 0.3 is 0 Å². The molecule has 2 heterocycles. The van der Waals surface area contributed by atoms with Gasteiger partial charge in [0.1, 0.15) is 0 Å². The molecule has 0 spiro atoms. The van der Waals surface area contributed by atoms with Gasteiger partial charge in [-0.3, -0.25) is 0 Å². The maximum atomic E-state index is 5.33. The number of nitrogens with zero attached hydrogens (tertiary/aromatic N) is 3. The molecule has 4 nitrogen and oxygen atoms in total. The van der Waals surface area contributed by atoms with Gasteiger partial charge in [0, 0.05) is 30.4 Å². The minimum absolute atomic E-state index is 0.473. The van der Waals surface area contributed by atoms with E-state index in [2.05, 4.69) is 45.0 Å². The van der Waals surface area contributed by atoms with E-state index >= 15 is 0 Å². The molecule has 1 aliphatic rings. The largest absolute Gasteiger partial charge is 0.353 e. The number of hydrogen-bond acceptors (Lipinski definition) is 3. The zero-order valence-corrected chi connectivity index (χ0v) is 11.2. The zero-order valence-electron chi connectivity index (χ0n) is 11.2. The van der Waals surface area contributed by atoms with Crippen molar-refractivity contribution < 1.29 is 4.52 Å². The molecule has 20 heavy (non-hydrogen) atoms. The monoisotopic (exact) mass is 265 g/mol. The third kappa shape index (κ3) is 1.84. The molecule has 0 aliphatic heterocycles. The van der Waals surface area contributed by atoms with E-state index < -0.39 is 0 Å². The van der Waals surface area contributed by atoms with Crippen molar-refractivity contribution >= 4 is 0 Å². The summed E-state index contributed by atoms with van der Waals surface area (Å²) in [6, 6.07) is 13.0. The SMILES string of the molecule is Cc1cc(-c2nccn2[C@@H]2C[C@H]2c2ccccc2)on1. The average molecular weight is 265 g/mol. The molecule has 4 heteroatoms. The molecular weight excluding hydrogens is 250 g/mol. The zero-order chi connectivity index (χ0) is 13.5. The van der Waals surface area contributed by atoms with Gasteiger partial charge in [0.2, 0.25) is 5.76 Å². The Morgan fingerprint density at radius 3 is 2.85 bits per heavy atom. The second kappa shape index (κ2) is 4.34. The van der Waals surface area contributed by atoms with Crippen molar-refractivity contribution in [2.24, 2.45) is 0 Å². The Hall–Kier alpha value is -2.36. The summed E-state index contributed by atoms with van der Waals surface area (Å²) < 4.78 is 7.54. The first kappa shape index (κ1) is 11.5. The van der Waals surface area contributed by atoms with Gasteiger partial charge in [0.05, 0.1) is 5.69 Å². The highest BCUT2D eigenvalue weighted by Gasteiger charge is 2.41. The van der Waals surface area contributed by atoms with Crippen LogP contribution in [0.4, 0.5) is 0 Å². The summed E-state index contributed by atoms with van der Waals surface area (Å²) >= 11 is 0. The lowest BCUT2D eigenvalue weighted by Gasteiger charge is -2.05. The first-order chi connectivity index (χ1) is 9.83. The fourth-order valence-electron chi connectivity index (χ4n) is 2.79. The van der Waals surface area contributed by atoms with Crippen LogP contribution in [-0.4, -0.2) is 14.7 Å². The van der Waals surface area contributed by atoms with Gasteiger partial charge in [0.25, 0.3) is 0 Å². The molecule has 1 fully saturated rings. The summed E-state index contributed by atoms with van der Waals surface area (Å²) in [5.74, 6) is 2.19. The van der Waals surface area contributed by atoms with Crippen LogP contribution in [0, 0.1) is 6.92 Å². The predicted octanol–water partition coefficient (Wildman–Crippen LogP) is 3.58. The van der Waals surface area contributed by atoms with E-state index in [1.165, 1.54) is 5.56 Å².